The van der Waals surface area contributed by atoms with Gasteiger partial charge in [0.2, 0.25) is 0 Å². The van der Waals surface area contributed by atoms with Crippen LogP contribution in [0.3, 0.4) is 0 Å². The molecule has 22 heavy (non-hydrogen) atoms. The summed E-state index contributed by atoms with van der Waals surface area (Å²) in [4.78, 5) is 17.1. The molecule has 0 saturated carbocycles. The molecule has 0 radical (unpaired) electrons. The predicted octanol–water partition coefficient (Wildman–Crippen LogP) is 1.75. The van der Waals surface area contributed by atoms with Gasteiger partial charge in [-0.1, -0.05) is 12.1 Å². The van der Waals surface area contributed by atoms with Crippen LogP contribution in [0.5, 0.6) is 5.75 Å². The first kappa shape index (κ1) is 13.4. The highest BCUT2D eigenvalue weighted by molar-refractivity contribution is 5.94. The van der Waals surface area contributed by atoms with Crippen LogP contribution in [0.2, 0.25) is 0 Å². The molecule has 0 aliphatic carbocycles. The Kier molecular flexibility index (Phi) is 2.81. The van der Waals surface area contributed by atoms with Crippen LogP contribution < -0.4 is 4.74 Å². The molecule has 5 heteroatoms. The van der Waals surface area contributed by atoms with Gasteiger partial charge in [-0.25, -0.2) is 0 Å². The normalized spacial score (nSPS) is 24.3. The summed E-state index contributed by atoms with van der Waals surface area (Å²) in [6.45, 7) is 2.39. The smallest absolute Gasteiger partial charge is 0.272 e. The van der Waals surface area contributed by atoms with Crippen LogP contribution in [0.1, 0.15) is 16.1 Å². The average Bonchev–Trinajstić information content (AvgIpc) is 3.14. The molecule has 0 N–H and O–H groups in total. The lowest BCUT2D eigenvalue weighted by molar-refractivity contribution is -0.00124. The largest absolute Gasteiger partial charge is 0.497 e. The van der Waals surface area contributed by atoms with Crippen LogP contribution >= 0.6 is 0 Å². The van der Waals surface area contributed by atoms with E-state index in [2.05, 4.69) is 28.6 Å². The number of hydrogen-bond donors (Lipinski definition) is 0. The van der Waals surface area contributed by atoms with Crippen molar-refractivity contribution in [1.82, 2.24) is 14.4 Å². The molecular formula is C17H19N3O2. The third-order valence-electron chi connectivity index (χ3n) is 4.97. The van der Waals surface area contributed by atoms with E-state index in [0.717, 1.165) is 36.6 Å². The van der Waals surface area contributed by atoms with E-state index < -0.39 is 5.66 Å². The number of amides is 1. The van der Waals surface area contributed by atoms with Gasteiger partial charge in [-0.15, -0.1) is 0 Å². The molecule has 1 amide bonds. The second kappa shape index (κ2) is 4.61. The minimum Gasteiger partial charge on any atom is -0.497 e. The van der Waals surface area contributed by atoms with Crippen molar-refractivity contribution in [1.29, 1.82) is 0 Å². The van der Waals surface area contributed by atoms with Gasteiger partial charge in [-0.05, 0) is 36.9 Å². The number of nitrogens with zero attached hydrogens (tertiary/aromatic N) is 3. The number of hydrogen-bond acceptors (Lipinski definition) is 3. The zero-order valence-corrected chi connectivity index (χ0v) is 12.8. The second-order valence-electron chi connectivity index (χ2n) is 5.94. The quantitative estimate of drug-likeness (QED) is 0.847. The zero-order chi connectivity index (χ0) is 15.3. The number of ether oxygens (including phenoxy) is 1. The molecule has 1 unspecified atom stereocenters. The lowest BCUT2D eigenvalue weighted by Gasteiger charge is -2.46. The number of rotatable bonds is 2. The number of likely N-dealkylation sites (N-methyl/N-ethyl adjacent to an activating group) is 1. The van der Waals surface area contributed by atoms with E-state index in [1.165, 1.54) is 0 Å². The molecule has 1 fully saturated rings. The van der Waals surface area contributed by atoms with Gasteiger partial charge >= 0.3 is 0 Å². The molecule has 1 aromatic heterocycles. The first-order valence-corrected chi connectivity index (χ1v) is 7.50. The van der Waals surface area contributed by atoms with Crippen molar-refractivity contribution in [3.8, 4) is 5.75 Å². The molecule has 3 heterocycles. The minimum absolute atomic E-state index is 0.108. The molecule has 5 nitrogen and oxygen atoms in total. The molecule has 2 aliphatic heterocycles. The van der Waals surface area contributed by atoms with E-state index in [4.69, 9.17) is 4.74 Å². The second-order valence-corrected chi connectivity index (χ2v) is 5.94. The summed E-state index contributed by atoms with van der Waals surface area (Å²) in [5.74, 6) is 0.938. The summed E-state index contributed by atoms with van der Waals surface area (Å²) in [6.07, 6.45) is 1.99. The fourth-order valence-corrected chi connectivity index (χ4v) is 3.75. The Morgan fingerprint density at radius 3 is 2.64 bits per heavy atom. The summed E-state index contributed by atoms with van der Waals surface area (Å²) in [5, 5.41) is 0. The number of carbonyl (C=O) groups excluding carboxylic acids is 1. The monoisotopic (exact) mass is 297 g/mol. The zero-order valence-electron chi connectivity index (χ0n) is 12.8. The van der Waals surface area contributed by atoms with Crippen molar-refractivity contribution in [2.75, 3.05) is 27.2 Å². The van der Waals surface area contributed by atoms with Crippen LogP contribution in [-0.4, -0.2) is 47.5 Å². The molecular weight excluding hydrogens is 278 g/mol. The van der Waals surface area contributed by atoms with Gasteiger partial charge in [0.25, 0.3) is 5.91 Å². The molecule has 0 bridgehead atoms. The summed E-state index contributed by atoms with van der Waals surface area (Å²) >= 11 is 0. The van der Waals surface area contributed by atoms with Crippen molar-refractivity contribution in [2.24, 2.45) is 0 Å². The van der Waals surface area contributed by atoms with Crippen molar-refractivity contribution < 1.29 is 9.53 Å². The van der Waals surface area contributed by atoms with Gasteiger partial charge in [0.15, 0.2) is 0 Å². The Bertz CT molecular complexity index is 722. The van der Waals surface area contributed by atoms with Gasteiger partial charge in [-0.2, -0.15) is 0 Å². The highest BCUT2D eigenvalue weighted by Gasteiger charge is 2.52. The maximum absolute atomic E-state index is 12.9. The van der Waals surface area contributed by atoms with Crippen LogP contribution in [0.25, 0.3) is 0 Å². The Morgan fingerprint density at radius 2 is 1.91 bits per heavy atom. The first-order chi connectivity index (χ1) is 10.7. The Morgan fingerprint density at radius 1 is 1.14 bits per heavy atom. The number of benzene rings is 1. The standard InChI is InChI=1S/C17H19N3O2/c1-18-10-11-20-16(21)15-4-3-9-19(15)12-17(18,20)13-5-7-14(22-2)8-6-13/h3-9H,10-12H2,1-2H3. The Labute approximate surface area is 129 Å². The maximum atomic E-state index is 12.9. The number of carbonyl (C=O) groups is 1. The fraction of sp³-hybridized carbons (Fsp3) is 0.353. The summed E-state index contributed by atoms with van der Waals surface area (Å²) in [6, 6.07) is 11.9. The molecule has 1 aromatic carbocycles. The highest BCUT2D eigenvalue weighted by atomic mass is 16.5. The summed E-state index contributed by atoms with van der Waals surface area (Å²) < 4.78 is 7.32. The number of fused-ring (bicyclic) bond motifs is 2. The van der Waals surface area contributed by atoms with E-state index in [0.29, 0.717) is 0 Å². The molecule has 114 valence electrons. The van der Waals surface area contributed by atoms with Crippen molar-refractivity contribution >= 4 is 5.91 Å². The van der Waals surface area contributed by atoms with Gasteiger partial charge in [0.1, 0.15) is 17.1 Å². The van der Waals surface area contributed by atoms with Gasteiger partial charge in [0, 0.05) is 19.3 Å². The lowest BCUT2D eigenvalue weighted by atomic mass is 9.94. The molecule has 1 saturated heterocycles. The average molecular weight is 297 g/mol. The number of aromatic nitrogens is 1. The van der Waals surface area contributed by atoms with E-state index in [9.17, 15) is 4.79 Å². The Hall–Kier alpha value is -2.27. The topological polar surface area (TPSA) is 37.7 Å². The molecule has 0 spiro atoms. The van der Waals surface area contributed by atoms with Crippen LogP contribution in [0.15, 0.2) is 42.6 Å². The minimum atomic E-state index is -0.407. The van der Waals surface area contributed by atoms with Gasteiger partial charge < -0.3 is 14.2 Å². The van der Waals surface area contributed by atoms with Crippen LogP contribution in [-0.2, 0) is 12.2 Å². The highest BCUT2D eigenvalue weighted by Crippen LogP contribution is 2.42. The summed E-state index contributed by atoms with van der Waals surface area (Å²) in [7, 11) is 3.75. The first-order valence-electron chi connectivity index (χ1n) is 7.50. The maximum Gasteiger partial charge on any atom is 0.272 e. The third kappa shape index (κ3) is 1.60. The van der Waals surface area contributed by atoms with Crippen molar-refractivity contribution in [2.45, 2.75) is 12.2 Å². The molecule has 1 atom stereocenters. The van der Waals surface area contributed by atoms with E-state index in [1.807, 2.05) is 35.4 Å². The van der Waals surface area contributed by atoms with E-state index >= 15 is 0 Å². The van der Waals surface area contributed by atoms with Crippen LogP contribution in [0, 0.1) is 0 Å². The van der Waals surface area contributed by atoms with Gasteiger partial charge in [0.05, 0.1) is 13.7 Å². The lowest BCUT2D eigenvalue weighted by Crippen LogP contribution is -2.57. The molecule has 4 rings (SSSR count). The SMILES string of the molecule is COc1ccc(C23Cn4cccc4C(=O)N2CCN3C)cc1. The van der Waals surface area contributed by atoms with Crippen molar-refractivity contribution in [3.63, 3.8) is 0 Å². The number of methoxy groups -OCH3 is 1. The van der Waals surface area contributed by atoms with Crippen molar-refractivity contribution in [3.05, 3.63) is 53.9 Å². The van der Waals surface area contributed by atoms with Gasteiger partial charge in [-0.3, -0.25) is 9.69 Å². The molecule has 2 aromatic rings. The predicted molar refractivity (Wildman–Crippen MR) is 82.8 cm³/mol. The summed E-state index contributed by atoms with van der Waals surface area (Å²) in [5.41, 5.74) is 1.50. The molecule has 2 aliphatic rings. The third-order valence-corrected chi connectivity index (χ3v) is 4.97. The van der Waals surface area contributed by atoms with E-state index in [1.54, 1.807) is 7.11 Å². The van der Waals surface area contributed by atoms with E-state index in [-0.39, 0.29) is 5.91 Å². The Balaban J connectivity index is 1.87. The van der Waals surface area contributed by atoms with Crippen LogP contribution in [0.4, 0.5) is 0 Å². The fourth-order valence-electron chi connectivity index (χ4n) is 3.75.